The van der Waals surface area contributed by atoms with Crippen LogP contribution in [0.4, 0.5) is 5.82 Å². The average Bonchev–Trinajstić information content (AvgIpc) is 2.80. The zero-order chi connectivity index (χ0) is 13.4. The predicted octanol–water partition coefficient (Wildman–Crippen LogP) is 2.94. The summed E-state index contributed by atoms with van der Waals surface area (Å²) in [5.41, 5.74) is 4.28. The van der Waals surface area contributed by atoms with Crippen LogP contribution in [0, 0.1) is 0 Å². The molecule has 0 saturated heterocycles. The second-order valence-corrected chi connectivity index (χ2v) is 5.09. The maximum Gasteiger partial charge on any atom is 0.163 e. The first-order valence-electron chi connectivity index (χ1n) is 6.45. The van der Waals surface area contributed by atoms with Crippen molar-refractivity contribution in [1.29, 1.82) is 0 Å². The molecule has 96 valence electrons. The van der Waals surface area contributed by atoms with Gasteiger partial charge in [-0.2, -0.15) is 0 Å². The Hall–Kier alpha value is -2.16. The van der Waals surface area contributed by atoms with Crippen LogP contribution in [0.15, 0.2) is 36.5 Å². The quantitative estimate of drug-likeness (QED) is 0.824. The molecular formula is C16H16N2O. The molecule has 2 aromatic rings. The Balaban J connectivity index is 1.96. The second kappa shape index (κ2) is 4.50. The molecule has 0 spiro atoms. The smallest absolute Gasteiger partial charge is 0.163 e. The number of hydrogen-bond acceptors (Lipinski definition) is 3. The summed E-state index contributed by atoms with van der Waals surface area (Å²) < 4.78 is 0. The minimum atomic E-state index is 0.266. The number of Topliss-reactive ketones (excluding diaryl/α,β-unsaturated/α-hetero) is 1. The van der Waals surface area contributed by atoms with Gasteiger partial charge in [0, 0.05) is 37.8 Å². The summed E-state index contributed by atoms with van der Waals surface area (Å²) in [6.07, 6.45) is 3.40. The van der Waals surface area contributed by atoms with Crippen molar-refractivity contribution in [2.45, 2.75) is 12.8 Å². The van der Waals surface area contributed by atoms with E-state index in [0.717, 1.165) is 28.9 Å². The Labute approximate surface area is 112 Å². The van der Waals surface area contributed by atoms with Crippen LogP contribution >= 0.6 is 0 Å². The van der Waals surface area contributed by atoms with Crippen LogP contribution in [-0.4, -0.2) is 24.9 Å². The highest BCUT2D eigenvalue weighted by atomic mass is 16.1. The first-order chi connectivity index (χ1) is 9.15. The van der Waals surface area contributed by atoms with Gasteiger partial charge in [-0.1, -0.05) is 18.2 Å². The Morgan fingerprint density at radius 1 is 1.05 bits per heavy atom. The fourth-order valence-corrected chi connectivity index (χ4v) is 2.46. The molecule has 0 atom stereocenters. The molecule has 1 aliphatic carbocycles. The third-order valence-electron chi connectivity index (χ3n) is 3.57. The van der Waals surface area contributed by atoms with E-state index in [1.807, 2.05) is 43.4 Å². The van der Waals surface area contributed by atoms with Crippen molar-refractivity contribution in [3.05, 3.63) is 47.7 Å². The lowest BCUT2D eigenvalue weighted by Crippen LogP contribution is -2.09. The lowest BCUT2D eigenvalue weighted by atomic mass is 10.0. The molecule has 0 aliphatic heterocycles. The van der Waals surface area contributed by atoms with Gasteiger partial charge in [0.1, 0.15) is 5.82 Å². The minimum Gasteiger partial charge on any atom is -0.363 e. The summed E-state index contributed by atoms with van der Waals surface area (Å²) >= 11 is 0. The largest absolute Gasteiger partial charge is 0.363 e. The van der Waals surface area contributed by atoms with E-state index in [1.165, 1.54) is 5.56 Å². The van der Waals surface area contributed by atoms with E-state index < -0.39 is 0 Å². The minimum absolute atomic E-state index is 0.266. The van der Waals surface area contributed by atoms with Crippen LogP contribution in [0.1, 0.15) is 22.3 Å². The Bertz CT molecular complexity index is 630. The molecule has 1 aliphatic rings. The summed E-state index contributed by atoms with van der Waals surface area (Å²) in [5.74, 6) is 1.21. The van der Waals surface area contributed by atoms with Crippen LogP contribution in [0.3, 0.4) is 0 Å². The number of anilines is 1. The van der Waals surface area contributed by atoms with Gasteiger partial charge in [0.05, 0.1) is 0 Å². The van der Waals surface area contributed by atoms with Crippen molar-refractivity contribution in [3.63, 3.8) is 0 Å². The highest BCUT2D eigenvalue weighted by Crippen LogP contribution is 2.28. The van der Waals surface area contributed by atoms with Crippen LogP contribution < -0.4 is 4.90 Å². The fraction of sp³-hybridized carbons (Fsp3) is 0.250. The highest BCUT2D eigenvalue weighted by molar-refractivity contribution is 6.00. The number of rotatable bonds is 2. The number of fused-ring (bicyclic) bond motifs is 1. The van der Waals surface area contributed by atoms with E-state index in [9.17, 15) is 4.79 Å². The van der Waals surface area contributed by atoms with Gasteiger partial charge < -0.3 is 4.90 Å². The summed E-state index contributed by atoms with van der Waals surface area (Å²) in [4.78, 5) is 18.0. The van der Waals surface area contributed by atoms with E-state index in [0.29, 0.717) is 6.42 Å². The summed E-state index contributed by atoms with van der Waals surface area (Å²) in [5, 5.41) is 0. The van der Waals surface area contributed by atoms with Gasteiger partial charge in [-0.15, -0.1) is 0 Å². The number of carbonyl (C=O) groups is 1. The molecular weight excluding hydrogens is 236 g/mol. The summed E-state index contributed by atoms with van der Waals surface area (Å²) in [6.45, 7) is 0. The maximum absolute atomic E-state index is 11.6. The van der Waals surface area contributed by atoms with Gasteiger partial charge in [0.15, 0.2) is 5.78 Å². The van der Waals surface area contributed by atoms with Crippen molar-refractivity contribution in [2.24, 2.45) is 0 Å². The highest BCUT2D eigenvalue weighted by Gasteiger charge is 2.19. The van der Waals surface area contributed by atoms with Crippen LogP contribution in [0.2, 0.25) is 0 Å². The number of hydrogen-bond donors (Lipinski definition) is 0. The Morgan fingerprint density at radius 2 is 1.84 bits per heavy atom. The molecule has 19 heavy (non-hydrogen) atoms. The molecule has 0 fully saturated rings. The summed E-state index contributed by atoms with van der Waals surface area (Å²) in [6, 6.07) is 10.1. The van der Waals surface area contributed by atoms with E-state index in [4.69, 9.17) is 0 Å². The zero-order valence-electron chi connectivity index (χ0n) is 11.2. The molecule has 0 N–H and O–H groups in total. The topological polar surface area (TPSA) is 33.2 Å². The predicted molar refractivity (Wildman–Crippen MR) is 76.7 cm³/mol. The molecule has 3 nitrogen and oxygen atoms in total. The molecule has 3 rings (SSSR count). The number of benzene rings is 1. The molecule has 0 radical (unpaired) electrons. The van der Waals surface area contributed by atoms with Crippen LogP contribution in [-0.2, 0) is 6.42 Å². The molecule has 0 unspecified atom stereocenters. The van der Waals surface area contributed by atoms with Gasteiger partial charge in [0.25, 0.3) is 0 Å². The first-order valence-corrected chi connectivity index (χ1v) is 6.45. The van der Waals surface area contributed by atoms with Crippen molar-refractivity contribution in [3.8, 4) is 11.1 Å². The van der Waals surface area contributed by atoms with E-state index in [1.54, 1.807) is 0 Å². The normalized spacial score (nSPS) is 13.5. The lowest BCUT2D eigenvalue weighted by molar-refractivity contribution is 0.0994. The third kappa shape index (κ3) is 2.12. The third-order valence-corrected chi connectivity index (χ3v) is 3.57. The lowest BCUT2D eigenvalue weighted by Gasteiger charge is -2.11. The van der Waals surface area contributed by atoms with E-state index >= 15 is 0 Å². The molecule has 1 heterocycles. The number of nitrogens with zero attached hydrogens (tertiary/aromatic N) is 2. The average molecular weight is 252 g/mol. The van der Waals surface area contributed by atoms with Gasteiger partial charge >= 0.3 is 0 Å². The van der Waals surface area contributed by atoms with Gasteiger partial charge in [-0.05, 0) is 29.7 Å². The molecule has 3 heteroatoms. The van der Waals surface area contributed by atoms with E-state index in [2.05, 4.69) is 17.1 Å². The molecule has 1 aromatic carbocycles. The maximum atomic E-state index is 11.6. The number of aromatic nitrogens is 1. The fourth-order valence-electron chi connectivity index (χ4n) is 2.46. The standard InChI is InChI=1S/C16H16N2O/c1-18(2)16-8-5-13(10-17-16)11-3-6-14-12(9-11)4-7-15(14)19/h3,5-6,8-10H,4,7H2,1-2H3. The number of carbonyl (C=O) groups excluding carboxylic acids is 1. The van der Waals surface area contributed by atoms with E-state index in [-0.39, 0.29) is 5.78 Å². The van der Waals surface area contributed by atoms with Crippen LogP contribution in [0.25, 0.3) is 11.1 Å². The van der Waals surface area contributed by atoms with Crippen molar-refractivity contribution < 1.29 is 4.79 Å². The Morgan fingerprint density at radius 3 is 2.53 bits per heavy atom. The van der Waals surface area contributed by atoms with Gasteiger partial charge in [0.2, 0.25) is 0 Å². The second-order valence-electron chi connectivity index (χ2n) is 5.09. The van der Waals surface area contributed by atoms with Gasteiger partial charge in [-0.3, -0.25) is 4.79 Å². The molecule has 0 saturated carbocycles. The van der Waals surface area contributed by atoms with Crippen molar-refractivity contribution in [2.75, 3.05) is 19.0 Å². The molecule has 1 aromatic heterocycles. The number of aryl methyl sites for hydroxylation is 1. The monoisotopic (exact) mass is 252 g/mol. The SMILES string of the molecule is CN(C)c1ccc(-c2ccc3c(c2)CCC3=O)cn1. The van der Waals surface area contributed by atoms with Crippen LogP contribution in [0.5, 0.6) is 0 Å². The number of pyridine rings is 1. The zero-order valence-corrected chi connectivity index (χ0v) is 11.2. The van der Waals surface area contributed by atoms with Crippen molar-refractivity contribution in [1.82, 2.24) is 4.98 Å². The number of ketones is 1. The summed E-state index contributed by atoms with van der Waals surface area (Å²) in [7, 11) is 3.95. The van der Waals surface area contributed by atoms with Gasteiger partial charge in [-0.25, -0.2) is 4.98 Å². The Kier molecular flexibility index (Phi) is 2.82. The molecule has 0 bridgehead atoms. The molecule has 0 amide bonds. The first kappa shape index (κ1) is 11.9. The van der Waals surface area contributed by atoms with Crippen molar-refractivity contribution >= 4 is 11.6 Å².